The molecule has 7 nitrogen and oxygen atoms in total. The van der Waals surface area contributed by atoms with Crippen LogP contribution in [0.25, 0.3) is 0 Å². The van der Waals surface area contributed by atoms with E-state index in [2.05, 4.69) is 39.3 Å². The van der Waals surface area contributed by atoms with Gasteiger partial charge in [-0.1, -0.05) is 19.0 Å². The van der Waals surface area contributed by atoms with E-state index in [0.29, 0.717) is 17.6 Å². The van der Waals surface area contributed by atoms with Crippen LogP contribution in [0.15, 0.2) is 10.7 Å². The van der Waals surface area contributed by atoms with Crippen molar-refractivity contribution in [2.75, 3.05) is 12.4 Å². The minimum atomic E-state index is -0.618. The summed E-state index contributed by atoms with van der Waals surface area (Å²) in [5.41, 5.74) is 0. The van der Waals surface area contributed by atoms with Crippen molar-refractivity contribution in [1.29, 1.82) is 0 Å². The van der Waals surface area contributed by atoms with Crippen LogP contribution in [0.3, 0.4) is 0 Å². The fourth-order valence-corrected chi connectivity index (χ4v) is 1.71. The molecule has 0 bridgehead atoms. The lowest BCUT2D eigenvalue weighted by Crippen LogP contribution is -2.11. The molecule has 1 unspecified atom stereocenters. The molecule has 2 aromatic heterocycles. The Kier molecular flexibility index (Phi) is 4.66. The first-order valence-corrected chi connectivity index (χ1v) is 6.65. The van der Waals surface area contributed by atoms with Crippen LogP contribution in [0.1, 0.15) is 38.5 Å². The zero-order valence-corrected chi connectivity index (χ0v) is 12.4. The summed E-state index contributed by atoms with van der Waals surface area (Å²) >= 11 is 0. The van der Waals surface area contributed by atoms with Crippen molar-refractivity contribution in [3.05, 3.63) is 23.7 Å². The molecular weight excluding hydrogens is 277 g/mol. The largest absolute Gasteiger partial charge is 0.479 e. The quantitative estimate of drug-likeness (QED) is 0.875. The highest BCUT2D eigenvalue weighted by atomic mass is 19.1. The number of rotatable bonds is 6. The van der Waals surface area contributed by atoms with Crippen molar-refractivity contribution < 1.29 is 13.7 Å². The number of hydrogen-bond acceptors (Lipinski definition) is 7. The lowest BCUT2D eigenvalue weighted by Gasteiger charge is -2.10. The van der Waals surface area contributed by atoms with Gasteiger partial charge in [0.2, 0.25) is 17.7 Å². The van der Waals surface area contributed by atoms with Crippen LogP contribution in [0.2, 0.25) is 0 Å². The van der Waals surface area contributed by atoms with E-state index in [4.69, 9.17) is 9.26 Å². The summed E-state index contributed by atoms with van der Waals surface area (Å²) in [6, 6.07) is -0.298. The van der Waals surface area contributed by atoms with Crippen LogP contribution in [-0.2, 0) is 6.42 Å². The second kappa shape index (κ2) is 6.47. The standard InChI is InChI=1S/C13H18FN5O2/c1-7(2)5-10-17-11(21-19-10)8(3)16-13-15-6-9(14)12(18-13)20-4/h6-8H,5H2,1-4H3,(H,15,16,18). The fourth-order valence-electron chi connectivity index (χ4n) is 1.71. The predicted molar refractivity (Wildman–Crippen MR) is 73.4 cm³/mol. The van der Waals surface area contributed by atoms with E-state index in [0.717, 1.165) is 12.6 Å². The first-order chi connectivity index (χ1) is 9.99. The number of ether oxygens (including phenoxy) is 1. The molecule has 1 N–H and O–H groups in total. The van der Waals surface area contributed by atoms with Crippen molar-refractivity contribution in [2.45, 2.75) is 33.2 Å². The first-order valence-electron chi connectivity index (χ1n) is 6.65. The number of aromatic nitrogens is 4. The highest BCUT2D eigenvalue weighted by Gasteiger charge is 2.17. The zero-order chi connectivity index (χ0) is 15.4. The molecule has 21 heavy (non-hydrogen) atoms. The van der Waals surface area contributed by atoms with Gasteiger partial charge in [0.1, 0.15) is 6.04 Å². The second-order valence-electron chi connectivity index (χ2n) is 5.06. The average Bonchev–Trinajstić information content (AvgIpc) is 2.88. The maximum Gasteiger partial charge on any atom is 0.255 e. The summed E-state index contributed by atoms with van der Waals surface area (Å²) < 4.78 is 23.2. The normalized spacial score (nSPS) is 12.5. The molecule has 114 valence electrons. The van der Waals surface area contributed by atoms with Crippen molar-refractivity contribution in [3.8, 4) is 5.88 Å². The van der Waals surface area contributed by atoms with E-state index < -0.39 is 5.82 Å². The van der Waals surface area contributed by atoms with Crippen LogP contribution < -0.4 is 10.1 Å². The summed E-state index contributed by atoms with van der Waals surface area (Å²) in [5.74, 6) is 1.02. The van der Waals surface area contributed by atoms with Crippen LogP contribution in [0.4, 0.5) is 10.3 Å². The van der Waals surface area contributed by atoms with Crippen molar-refractivity contribution in [2.24, 2.45) is 5.92 Å². The topological polar surface area (TPSA) is 86.0 Å². The number of halogens is 1. The smallest absolute Gasteiger partial charge is 0.255 e. The maximum absolute atomic E-state index is 13.2. The number of hydrogen-bond donors (Lipinski definition) is 1. The molecule has 0 aliphatic carbocycles. The van der Waals surface area contributed by atoms with E-state index in [1.807, 2.05) is 6.92 Å². The minimum absolute atomic E-state index is 0.120. The molecule has 0 spiro atoms. The van der Waals surface area contributed by atoms with Gasteiger partial charge in [0.15, 0.2) is 5.82 Å². The Morgan fingerprint density at radius 2 is 2.10 bits per heavy atom. The van der Waals surface area contributed by atoms with E-state index in [1.165, 1.54) is 7.11 Å². The monoisotopic (exact) mass is 295 g/mol. The summed E-state index contributed by atoms with van der Waals surface area (Å²) in [6.45, 7) is 5.98. The molecule has 2 rings (SSSR count). The molecule has 0 radical (unpaired) electrons. The predicted octanol–water partition coefficient (Wildman–Crippen LogP) is 2.38. The molecule has 8 heteroatoms. The summed E-state index contributed by atoms with van der Waals surface area (Å²) in [7, 11) is 1.34. The number of anilines is 1. The molecule has 2 aromatic rings. The van der Waals surface area contributed by atoms with Crippen molar-refractivity contribution >= 4 is 5.95 Å². The number of nitrogens with zero attached hydrogens (tertiary/aromatic N) is 4. The Hall–Kier alpha value is -2.25. The molecule has 0 saturated heterocycles. The lowest BCUT2D eigenvalue weighted by molar-refractivity contribution is 0.358. The number of methoxy groups -OCH3 is 1. The van der Waals surface area contributed by atoms with Gasteiger partial charge in [-0.3, -0.25) is 0 Å². The maximum atomic E-state index is 13.2. The summed E-state index contributed by atoms with van der Waals surface area (Å²) in [6.07, 6.45) is 1.79. The Labute approximate surface area is 121 Å². The van der Waals surface area contributed by atoms with Gasteiger partial charge in [-0.25, -0.2) is 4.98 Å². The Morgan fingerprint density at radius 3 is 2.76 bits per heavy atom. The molecule has 2 heterocycles. The van der Waals surface area contributed by atoms with E-state index >= 15 is 0 Å². The van der Waals surface area contributed by atoms with Gasteiger partial charge in [0.05, 0.1) is 13.3 Å². The third-order valence-electron chi connectivity index (χ3n) is 2.70. The zero-order valence-electron chi connectivity index (χ0n) is 12.4. The van der Waals surface area contributed by atoms with Crippen molar-refractivity contribution in [1.82, 2.24) is 20.1 Å². The van der Waals surface area contributed by atoms with E-state index in [9.17, 15) is 4.39 Å². The molecule has 0 aromatic carbocycles. The van der Waals surface area contributed by atoms with Gasteiger partial charge in [-0.15, -0.1) is 0 Å². The first kappa shape index (κ1) is 15.1. The van der Waals surface area contributed by atoms with E-state index in [1.54, 1.807) is 0 Å². The van der Waals surface area contributed by atoms with E-state index in [-0.39, 0.29) is 17.9 Å². The average molecular weight is 295 g/mol. The molecule has 1 atom stereocenters. The summed E-state index contributed by atoms with van der Waals surface area (Å²) in [5, 5.41) is 6.88. The lowest BCUT2D eigenvalue weighted by atomic mass is 10.1. The molecule has 0 aliphatic rings. The molecule has 0 aliphatic heterocycles. The van der Waals surface area contributed by atoms with Gasteiger partial charge < -0.3 is 14.6 Å². The van der Waals surface area contributed by atoms with Crippen molar-refractivity contribution in [3.63, 3.8) is 0 Å². The molecule has 0 saturated carbocycles. The van der Waals surface area contributed by atoms with Crippen LogP contribution in [0.5, 0.6) is 5.88 Å². The van der Waals surface area contributed by atoms with Gasteiger partial charge in [-0.2, -0.15) is 14.4 Å². The molecule has 0 fully saturated rings. The van der Waals surface area contributed by atoms with Gasteiger partial charge in [-0.05, 0) is 12.8 Å². The number of nitrogens with one attached hydrogen (secondary N) is 1. The molecular formula is C13H18FN5O2. The Bertz CT molecular complexity index is 602. The Morgan fingerprint density at radius 1 is 1.33 bits per heavy atom. The van der Waals surface area contributed by atoms with Crippen LogP contribution in [0, 0.1) is 11.7 Å². The highest BCUT2D eigenvalue weighted by Crippen LogP contribution is 2.19. The van der Waals surface area contributed by atoms with Gasteiger partial charge in [0.25, 0.3) is 5.88 Å². The van der Waals surface area contributed by atoms with Crippen LogP contribution in [-0.4, -0.2) is 27.2 Å². The van der Waals surface area contributed by atoms with Gasteiger partial charge >= 0.3 is 0 Å². The third kappa shape index (κ3) is 3.87. The minimum Gasteiger partial charge on any atom is -0.479 e. The second-order valence-corrected chi connectivity index (χ2v) is 5.06. The van der Waals surface area contributed by atoms with Crippen LogP contribution >= 0.6 is 0 Å². The van der Waals surface area contributed by atoms with Gasteiger partial charge in [0, 0.05) is 6.42 Å². The molecule has 0 amide bonds. The fraction of sp³-hybridized carbons (Fsp3) is 0.538. The SMILES string of the molecule is COc1nc(NC(C)c2nc(CC(C)C)no2)ncc1F. The highest BCUT2D eigenvalue weighted by molar-refractivity contribution is 5.30. The Balaban J connectivity index is 2.07. The third-order valence-corrected chi connectivity index (χ3v) is 2.70. The summed E-state index contributed by atoms with van der Waals surface area (Å²) in [4.78, 5) is 12.0.